The second-order valence-corrected chi connectivity index (χ2v) is 7.24. The average molecular weight is 406 g/mol. The van der Waals surface area contributed by atoms with E-state index in [2.05, 4.69) is 25.1 Å². The van der Waals surface area contributed by atoms with Gasteiger partial charge in [-0.1, -0.05) is 12.1 Å². The number of hydrogen-bond donors (Lipinski definition) is 2. The average Bonchev–Trinajstić information content (AvgIpc) is 3.43. The lowest BCUT2D eigenvalue weighted by Crippen LogP contribution is -1.86. The minimum atomic E-state index is -0.267. The highest BCUT2D eigenvalue weighted by atomic mass is 19.1. The number of H-pyrrole nitrogens is 2. The van der Waals surface area contributed by atoms with Crippen LogP contribution in [0.25, 0.3) is 55.7 Å². The fourth-order valence-electron chi connectivity index (χ4n) is 3.80. The molecule has 0 saturated carbocycles. The second-order valence-electron chi connectivity index (χ2n) is 7.24. The van der Waals surface area contributed by atoms with Crippen molar-refractivity contribution < 1.29 is 4.39 Å². The summed E-state index contributed by atoms with van der Waals surface area (Å²) in [7, 11) is 0. The number of nitrogens with zero attached hydrogens (tertiary/aromatic N) is 4. The van der Waals surface area contributed by atoms with Crippen molar-refractivity contribution in [1.82, 2.24) is 30.1 Å². The van der Waals surface area contributed by atoms with E-state index >= 15 is 0 Å². The molecular formula is C24H15FN6. The third-order valence-electron chi connectivity index (χ3n) is 5.32. The van der Waals surface area contributed by atoms with Crippen molar-refractivity contribution in [2.24, 2.45) is 0 Å². The topological polar surface area (TPSA) is 83.1 Å². The summed E-state index contributed by atoms with van der Waals surface area (Å²) in [6.45, 7) is 0. The monoisotopic (exact) mass is 406 g/mol. The molecule has 2 N–H and O–H groups in total. The van der Waals surface area contributed by atoms with Crippen molar-refractivity contribution in [2.45, 2.75) is 0 Å². The van der Waals surface area contributed by atoms with Gasteiger partial charge in [-0.2, -0.15) is 5.10 Å². The molecule has 0 atom stereocenters. The first-order valence-corrected chi connectivity index (χ1v) is 9.75. The minimum absolute atomic E-state index is 0.267. The molecule has 0 aliphatic carbocycles. The van der Waals surface area contributed by atoms with Crippen LogP contribution in [-0.4, -0.2) is 30.1 Å². The molecule has 0 fully saturated rings. The van der Waals surface area contributed by atoms with Crippen LogP contribution in [0.15, 0.2) is 79.4 Å². The van der Waals surface area contributed by atoms with Crippen LogP contribution in [0, 0.1) is 5.82 Å². The van der Waals surface area contributed by atoms with Crippen LogP contribution in [0.3, 0.4) is 0 Å². The first kappa shape index (κ1) is 17.5. The van der Waals surface area contributed by atoms with Crippen LogP contribution in [-0.2, 0) is 0 Å². The number of aromatic nitrogens is 6. The van der Waals surface area contributed by atoms with Crippen LogP contribution >= 0.6 is 0 Å². The van der Waals surface area contributed by atoms with Gasteiger partial charge >= 0.3 is 0 Å². The zero-order chi connectivity index (χ0) is 20.8. The van der Waals surface area contributed by atoms with Crippen LogP contribution in [0.4, 0.5) is 4.39 Å². The van der Waals surface area contributed by atoms with E-state index in [-0.39, 0.29) is 5.82 Å². The van der Waals surface area contributed by atoms with E-state index in [9.17, 15) is 4.39 Å². The van der Waals surface area contributed by atoms with Crippen LogP contribution in [0.2, 0.25) is 0 Å². The fourth-order valence-corrected chi connectivity index (χ4v) is 3.80. The highest BCUT2D eigenvalue weighted by molar-refractivity contribution is 5.99. The molecule has 7 heteroatoms. The molecule has 6 aromatic rings. The Bertz CT molecular complexity index is 1530. The van der Waals surface area contributed by atoms with Gasteiger partial charge in [0.15, 0.2) is 0 Å². The molecule has 0 aliphatic rings. The normalized spacial score (nSPS) is 11.4. The second kappa shape index (κ2) is 6.84. The lowest BCUT2D eigenvalue weighted by atomic mass is 10.0. The van der Waals surface area contributed by atoms with Gasteiger partial charge in [-0.15, -0.1) is 0 Å². The van der Waals surface area contributed by atoms with Crippen molar-refractivity contribution in [1.29, 1.82) is 0 Å². The van der Waals surface area contributed by atoms with Gasteiger partial charge in [0.1, 0.15) is 17.0 Å². The summed E-state index contributed by atoms with van der Waals surface area (Å²) in [6.07, 6.45) is 7.09. The molecule has 5 aromatic heterocycles. The number of nitrogens with one attached hydrogen (secondary N) is 2. The summed E-state index contributed by atoms with van der Waals surface area (Å²) in [4.78, 5) is 16.8. The maximum absolute atomic E-state index is 13.4. The molecule has 0 radical (unpaired) electrons. The number of halogens is 1. The molecular weight excluding hydrogens is 391 g/mol. The van der Waals surface area contributed by atoms with Gasteiger partial charge in [-0.05, 0) is 48.0 Å². The van der Waals surface area contributed by atoms with E-state index in [1.165, 1.54) is 12.1 Å². The van der Waals surface area contributed by atoms with Gasteiger partial charge in [0.05, 0.1) is 28.6 Å². The lowest BCUT2D eigenvalue weighted by Gasteiger charge is -2.02. The Morgan fingerprint density at radius 1 is 0.806 bits per heavy atom. The van der Waals surface area contributed by atoms with E-state index in [0.717, 1.165) is 55.7 Å². The first-order valence-electron chi connectivity index (χ1n) is 9.75. The molecule has 0 aliphatic heterocycles. The Morgan fingerprint density at radius 3 is 2.55 bits per heavy atom. The van der Waals surface area contributed by atoms with Gasteiger partial charge in [-0.3, -0.25) is 15.1 Å². The Hall–Kier alpha value is -4.39. The molecule has 6 nitrogen and oxygen atoms in total. The standard InChI is InChI=1S/C24H15FN6/c25-16-5-3-14(4-6-16)18-12-27-13-22-17(18)10-21(28-22)24-23-20(30-31-24)8-7-19(29-23)15-2-1-9-26-11-15/h1-13,28H,(H,30,31). The maximum atomic E-state index is 13.4. The SMILES string of the molecule is Fc1ccc(-c2cncc3[nH]c(-c4n[nH]c5ccc(-c6cccnc6)nc45)cc23)cc1. The van der Waals surface area contributed by atoms with Crippen LogP contribution in [0.1, 0.15) is 0 Å². The van der Waals surface area contributed by atoms with Crippen molar-refractivity contribution in [3.8, 4) is 33.8 Å². The molecule has 5 heterocycles. The van der Waals surface area contributed by atoms with Gasteiger partial charge in [0, 0.05) is 35.1 Å². The minimum Gasteiger partial charge on any atom is -0.352 e. The van der Waals surface area contributed by atoms with E-state index in [4.69, 9.17) is 4.98 Å². The smallest absolute Gasteiger partial charge is 0.135 e. The van der Waals surface area contributed by atoms with Crippen LogP contribution in [0.5, 0.6) is 0 Å². The summed E-state index contributed by atoms with van der Waals surface area (Å²) < 4.78 is 13.4. The third-order valence-corrected chi connectivity index (χ3v) is 5.32. The summed E-state index contributed by atoms with van der Waals surface area (Å²) in [5.41, 5.74) is 7.62. The molecule has 0 unspecified atom stereocenters. The molecule has 0 bridgehead atoms. The summed E-state index contributed by atoms with van der Waals surface area (Å²) in [6, 6.07) is 16.2. The van der Waals surface area contributed by atoms with Crippen molar-refractivity contribution in [3.63, 3.8) is 0 Å². The highest BCUT2D eigenvalue weighted by Crippen LogP contribution is 2.33. The van der Waals surface area contributed by atoms with E-state index in [0.29, 0.717) is 0 Å². The number of pyridine rings is 3. The van der Waals surface area contributed by atoms with E-state index in [1.54, 1.807) is 36.9 Å². The van der Waals surface area contributed by atoms with Gasteiger partial charge in [0.2, 0.25) is 0 Å². The molecule has 31 heavy (non-hydrogen) atoms. The van der Waals surface area contributed by atoms with Gasteiger partial charge in [0.25, 0.3) is 0 Å². The predicted molar refractivity (Wildman–Crippen MR) is 118 cm³/mol. The third kappa shape index (κ3) is 2.95. The largest absolute Gasteiger partial charge is 0.352 e. The zero-order valence-corrected chi connectivity index (χ0v) is 16.2. The zero-order valence-electron chi connectivity index (χ0n) is 16.2. The maximum Gasteiger partial charge on any atom is 0.135 e. The highest BCUT2D eigenvalue weighted by Gasteiger charge is 2.15. The molecule has 0 amide bonds. The summed E-state index contributed by atoms with van der Waals surface area (Å²) in [5, 5.41) is 8.54. The lowest BCUT2D eigenvalue weighted by molar-refractivity contribution is 0.628. The van der Waals surface area contributed by atoms with Gasteiger partial charge in [-0.25, -0.2) is 9.37 Å². The van der Waals surface area contributed by atoms with Crippen LogP contribution < -0.4 is 0 Å². The molecule has 148 valence electrons. The van der Waals surface area contributed by atoms with E-state index < -0.39 is 0 Å². The molecule has 6 rings (SSSR count). The van der Waals surface area contributed by atoms with Crippen molar-refractivity contribution in [3.05, 3.63) is 85.2 Å². The van der Waals surface area contributed by atoms with Crippen molar-refractivity contribution in [2.75, 3.05) is 0 Å². The predicted octanol–water partition coefficient (Wildman–Crippen LogP) is 5.37. The molecule has 0 saturated heterocycles. The van der Waals surface area contributed by atoms with Gasteiger partial charge < -0.3 is 4.98 Å². The fraction of sp³-hybridized carbons (Fsp3) is 0. The molecule has 0 spiro atoms. The summed E-state index contributed by atoms with van der Waals surface area (Å²) >= 11 is 0. The Labute approximate surface area is 175 Å². The Kier molecular flexibility index (Phi) is 3.86. The quantitative estimate of drug-likeness (QED) is 0.414. The number of rotatable bonds is 3. The van der Waals surface area contributed by atoms with Crippen molar-refractivity contribution >= 4 is 21.9 Å². The number of aromatic amines is 2. The summed E-state index contributed by atoms with van der Waals surface area (Å²) in [5.74, 6) is -0.267. The number of fused-ring (bicyclic) bond motifs is 2. The molecule has 1 aromatic carbocycles. The van der Waals surface area contributed by atoms with E-state index in [1.807, 2.05) is 30.3 Å². The number of hydrogen-bond acceptors (Lipinski definition) is 4. The first-order chi connectivity index (χ1) is 15.3. The Balaban J connectivity index is 1.51. The Morgan fingerprint density at radius 2 is 1.71 bits per heavy atom. The number of benzene rings is 1.